The van der Waals surface area contributed by atoms with Crippen molar-refractivity contribution >= 4 is 38.9 Å². The molecule has 1 fully saturated rings. The molecular formula is C15H17N3O2S. The van der Waals surface area contributed by atoms with Gasteiger partial charge in [-0.15, -0.1) is 11.3 Å². The van der Waals surface area contributed by atoms with Gasteiger partial charge in [0, 0.05) is 16.1 Å². The molecule has 1 aliphatic carbocycles. The summed E-state index contributed by atoms with van der Waals surface area (Å²) >= 11 is 1.36. The van der Waals surface area contributed by atoms with Crippen LogP contribution in [0.15, 0.2) is 18.2 Å². The van der Waals surface area contributed by atoms with Crippen molar-refractivity contribution in [1.29, 1.82) is 0 Å². The number of amides is 2. The van der Waals surface area contributed by atoms with Crippen molar-refractivity contribution in [3.8, 4) is 0 Å². The van der Waals surface area contributed by atoms with Gasteiger partial charge in [0.15, 0.2) is 0 Å². The van der Waals surface area contributed by atoms with Crippen LogP contribution in [0.25, 0.3) is 10.1 Å². The van der Waals surface area contributed by atoms with E-state index in [1.807, 2.05) is 25.1 Å². The second-order valence-corrected chi connectivity index (χ2v) is 6.42. The Hall–Kier alpha value is -2.08. The van der Waals surface area contributed by atoms with Crippen LogP contribution >= 0.6 is 11.3 Å². The first-order chi connectivity index (χ1) is 10.0. The fourth-order valence-corrected chi connectivity index (χ4v) is 3.28. The number of carbonyl (C=O) groups excluding carboxylic acids is 2. The molecule has 0 spiro atoms. The summed E-state index contributed by atoms with van der Waals surface area (Å²) in [6.07, 6.45) is 2.06. The highest BCUT2D eigenvalue weighted by Gasteiger charge is 2.23. The smallest absolute Gasteiger partial charge is 0.263 e. The molecule has 21 heavy (non-hydrogen) atoms. The van der Waals surface area contributed by atoms with Crippen LogP contribution in [0, 0.1) is 6.92 Å². The number of benzene rings is 1. The highest BCUT2D eigenvalue weighted by Crippen LogP contribution is 2.34. The highest BCUT2D eigenvalue weighted by molar-refractivity contribution is 7.21. The average Bonchev–Trinajstić information content (AvgIpc) is 3.19. The van der Waals surface area contributed by atoms with Crippen LogP contribution in [-0.4, -0.2) is 24.4 Å². The van der Waals surface area contributed by atoms with E-state index in [1.54, 1.807) is 0 Å². The van der Waals surface area contributed by atoms with Gasteiger partial charge in [0.1, 0.15) is 4.88 Å². The van der Waals surface area contributed by atoms with Crippen LogP contribution in [-0.2, 0) is 4.79 Å². The predicted octanol–water partition coefficient (Wildman–Crippen LogP) is 1.80. The minimum absolute atomic E-state index is 0.0119. The summed E-state index contributed by atoms with van der Waals surface area (Å²) < 4.78 is 0.986. The molecule has 0 radical (unpaired) electrons. The van der Waals surface area contributed by atoms with Crippen LogP contribution in [0.4, 0.5) is 5.69 Å². The van der Waals surface area contributed by atoms with Gasteiger partial charge in [-0.3, -0.25) is 9.59 Å². The summed E-state index contributed by atoms with van der Waals surface area (Å²) in [5.41, 5.74) is 7.64. The zero-order valence-corrected chi connectivity index (χ0v) is 12.5. The molecular weight excluding hydrogens is 286 g/mol. The van der Waals surface area contributed by atoms with E-state index < -0.39 is 0 Å². The van der Waals surface area contributed by atoms with Crippen LogP contribution in [0.2, 0.25) is 0 Å². The van der Waals surface area contributed by atoms with Gasteiger partial charge in [0.25, 0.3) is 5.91 Å². The lowest BCUT2D eigenvalue weighted by atomic mass is 10.1. The second-order valence-electron chi connectivity index (χ2n) is 5.37. The van der Waals surface area contributed by atoms with E-state index in [1.165, 1.54) is 11.3 Å². The summed E-state index contributed by atoms with van der Waals surface area (Å²) in [5.74, 6) is -0.446. The van der Waals surface area contributed by atoms with Crippen LogP contribution < -0.4 is 16.4 Å². The molecule has 0 atom stereocenters. The molecule has 0 aliphatic heterocycles. The van der Waals surface area contributed by atoms with E-state index in [0.29, 0.717) is 16.6 Å². The first-order valence-electron chi connectivity index (χ1n) is 6.91. The van der Waals surface area contributed by atoms with E-state index in [-0.39, 0.29) is 18.4 Å². The molecule has 0 bridgehead atoms. The van der Waals surface area contributed by atoms with Crippen molar-refractivity contribution in [2.75, 3.05) is 12.3 Å². The molecule has 1 heterocycles. The third kappa shape index (κ3) is 3.00. The third-order valence-corrected chi connectivity index (χ3v) is 4.61. The minimum Gasteiger partial charge on any atom is -0.397 e. The SMILES string of the molecule is Cc1ccc2c(N)c(C(=O)NCC(=O)NC3CC3)sc2c1. The van der Waals surface area contributed by atoms with E-state index in [9.17, 15) is 9.59 Å². The Morgan fingerprint density at radius 3 is 2.86 bits per heavy atom. The van der Waals surface area contributed by atoms with E-state index in [4.69, 9.17) is 5.73 Å². The van der Waals surface area contributed by atoms with Crippen molar-refractivity contribution in [3.05, 3.63) is 28.6 Å². The Labute approximate surface area is 126 Å². The number of anilines is 1. The summed E-state index contributed by atoms with van der Waals surface area (Å²) in [7, 11) is 0. The van der Waals surface area contributed by atoms with Crippen molar-refractivity contribution in [2.45, 2.75) is 25.8 Å². The van der Waals surface area contributed by atoms with Gasteiger partial charge in [-0.25, -0.2) is 0 Å². The zero-order valence-electron chi connectivity index (χ0n) is 11.7. The summed E-state index contributed by atoms with van der Waals surface area (Å²) in [6.45, 7) is 1.99. The molecule has 6 heteroatoms. The van der Waals surface area contributed by atoms with Gasteiger partial charge in [-0.05, 0) is 31.4 Å². The number of thiophene rings is 1. The minimum atomic E-state index is -0.294. The monoisotopic (exact) mass is 303 g/mol. The Balaban J connectivity index is 1.71. The van der Waals surface area contributed by atoms with Gasteiger partial charge in [-0.1, -0.05) is 12.1 Å². The Morgan fingerprint density at radius 1 is 1.38 bits per heavy atom. The number of hydrogen-bond acceptors (Lipinski definition) is 4. The van der Waals surface area contributed by atoms with Crippen molar-refractivity contribution in [3.63, 3.8) is 0 Å². The van der Waals surface area contributed by atoms with Crippen LogP contribution in [0.5, 0.6) is 0 Å². The van der Waals surface area contributed by atoms with Crippen molar-refractivity contribution in [1.82, 2.24) is 10.6 Å². The third-order valence-electron chi connectivity index (χ3n) is 3.44. The van der Waals surface area contributed by atoms with E-state index in [2.05, 4.69) is 10.6 Å². The number of hydrogen-bond donors (Lipinski definition) is 3. The molecule has 110 valence electrons. The summed E-state index contributed by atoms with van der Waals surface area (Å²) in [4.78, 5) is 24.2. The molecule has 2 aromatic rings. The van der Waals surface area contributed by atoms with Gasteiger partial charge in [0.2, 0.25) is 5.91 Å². The van der Waals surface area contributed by atoms with E-state index in [0.717, 1.165) is 28.5 Å². The molecule has 1 aliphatic rings. The molecule has 1 aromatic heterocycles. The number of nitrogens with two attached hydrogens (primary N) is 1. The Bertz CT molecular complexity index is 719. The first kappa shape index (κ1) is 13.9. The van der Waals surface area contributed by atoms with Gasteiger partial charge >= 0.3 is 0 Å². The number of fused-ring (bicyclic) bond motifs is 1. The Kier molecular flexibility index (Phi) is 3.55. The van der Waals surface area contributed by atoms with Crippen molar-refractivity contribution in [2.24, 2.45) is 0 Å². The molecule has 3 rings (SSSR count). The lowest BCUT2D eigenvalue weighted by Crippen LogP contribution is -2.37. The lowest BCUT2D eigenvalue weighted by molar-refractivity contribution is -0.120. The predicted molar refractivity (Wildman–Crippen MR) is 84.5 cm³/mol. The normalized spacial score (nSPS) is 14.1. The number of nitrogen functional groups attached to an aromatic ring is 1. The summed E-state index contributed by atoms with van der Waals surface area (Å²) in [6, 6.07) is 6.20. The lowest BCUT2D eigenvalue weighted by Gasteiger charge is -2.05. The molecule has 1 aromatic carbocycles. The zero-order chi connectivity index (χ0) is 15.0. The van der Waals surface area contributed by atoms with Crippen LogP contribution in [0.3, 0.4) is 0 Å². The molecule has 4 N–H and O–H groups in total. The maximum Gasteiger partial charge on any atom is 0.263 e. The van der Waals surface area contributed by atoms with Gasteiger partial charge in [0.05, 0.1) is 12.2 Å². The molecule has 2 amide bonds. The quantitative estimate of drug-likeness (QED) is 0.805. The average molecular weight is 303 g/mol. The maximum atomic E-state index is 12.2. The number of rotatable bonds is 4. The topological polar surface area (TPSA) is 84.2 Å². The standard InChI is InChI=1S/C15H17N3O2S/c1-8-2-5-10-11(6-8)21-14(13(10)16)15(20)17-7-12(19)18-9-3-4-9/h2,5-6,9H,3-4,7,16H2,1H3,(H,17,20)(H,18,19). The number of carbonyl (C=O) groups is 2. The molecule has 0 unspecified atom stereocenters. The second kappa shape index (κ2) is 5.37. The fourth-order valence-electron chi connectivity index (χ4n) is 2.14. The highest BCUT2D eigenvalue weighted by atomic mass is 32.1. The van der Waals surface area contributed by atoms with Gasteiger partial charge < -0.3 is 16.4 Å². The summed E-state index contributed by atoms with van der Waals surface area (Å²) in [5, 5.41) is 6.34. The molecule has 5 nitrogen and oxygen atoms in total. The largest absolute Gasteiger partial charge is 0.397 e. The number of aryl methyl sites for hydroxylation is 1. The first-order valence-corrected chi connectivity index (χ1v) is 7.72. The maximum absolute atomic E-state index is 12.2. The molecule has 1 saturated carbocycles. The fraction of sp³-hybridized carbons (Fsp3) is 0.333. The van der Waals surface area contributed by atoms with Crippen LogP contribution in [0.1, 0.15) is 28.1 Å². The number of nitrogens with one attached hydrogen (secondary N) is 2. The van der Waals surface area contributed by atoms with Crippen molar-refractivity contribution < 1.29 is 9.59 Å². The Morgan fingerprint density at radius 2 is 2.14 bits per heavy atom. The molecule has 0 saturated heterocycles. The van der Waals surface area contributed by atoms with Gasteiger partial charge in [-0.2, -0.15) is 0 Å². The van der Waals surface area contributed by atoms with E-state index >= 15 is 0 Å².